The molecule has 0 bridgehead atoms. The van der Waals surface area contributed by atoms with Gasteiger partial charge in [0, 0.05) is 25.0 Å². The van der Waals surface area contributed by atoms with Gasteiger partial charge in [-0.3, -0.25) is 9.78 Å². The van der Waals surface area contributed by atoms with E-state index in [0.29, 0.717) is 18.8 Å². The van der Waals surface area contributed by atoms with Crippen molar-refractivity contribution in [2.45, 2.75) is 12.8 Å². The number of para-hydroxylation sites is 1. The van der Waals surface area contributed by atoms with Crippen molar-refractivity contribution in [2.24, 2.45) is 5.92 Å². The summed E-state index contributed by atoms with van der Waals surface area (Å²) in [4.78, 5) is 30.4. The van der Waals surface area contributed by atoms with Gasteiger partial charge in [0.05, 0.1) is 17.8 Å². The number of amides is 3. The number of aromatic nitrogens is 1. The van der Waals surface area contributed by atoms with Crippen LogP contribution in [0.3, 0.4) is 0 Å². The molecule has 6 heteroatoms. The smallest absolute Gasteiger partial charge is 0.321 e. The largest absolute Gasteiger partial charge is 0.324 e. The average Bonchev–Trinajstić information content (AvgIpc) is 2.63. The first kappa shape index (κ1) is 16.0. The Morgan fingerprint density at radius 3 is 2.58 bits per heavy atom. The van der Waals surface area contributed by atoms with Gasteiger partial charge >= 0.3 is 6.03 Å². The highest BCUT2D eigenvalue weighted by atomic mass is 16.2. The Morgan fingerprint density at radius 1 is 1.04 bits per heavy atom. The molecule has 0 spiro atoms. The highest BCUT2D eigenvalue weighted by Gasteiger charge is 2.28. The van der Waals surface area contributed by atoms with Crippen molar-refractivity contribution in [1.29, 1.82) is 0 Å². The number of pyridine rings is 1. The molecule has 0 saturated carbocycles. The summed E-state index contributed by atoms with van der Waals surface area (Å²) < 4.78 is 0. The van der Waals surface area contributed by atoms with E-state index in [1.807, 2.05) is 30.3 Å². The van der Waals surface area contributed by atoms with E-state index in [-0.39, 0.29) is 17.9 Å². The molecule has 124 valence electrons. The second-order valence-corrected chi connectivity index (χ2v) is 5.81. The van der Waals surface area contributed by atoms with Gasteiger partial charge in [-0.25, -0.2) is 4.79 Å². The zero-order chi connectivity index (χ0) is 16.8. The molecule has 1 aromatic heterocycles. The third-order valence-corrected chi connectivity index (χ3v) is 4.03. The number of rotatable bonds is 3. The molecule has 1 aromatic carbocycles. The lowest BCUT2D eigenvalue weighted by atomic mass is 9.97. The van der Waals surface area contributed by atoms with Crippen molar-refractivity contribution in [3.63, 3.8) is 0 Å². The van der Waals surface area contributed by atoms with Gasteiger partial charge in [0.1, 0.15) is 0 Å². The fraction of sp³-hybridized carbons (Fsp3) is 0.278. The summed E-state index contributed by atoms with van der Waals surface area (Å²) in [6, 6.07) is 12.7. The first-order valence-electron chi connectivity index (χ1n) is 8.04. The highest BCUT2D eigenvalue weighted by Crippen LogP contribution is 2.19. The first-order valence-corrected chi connectivity index (χ1v) is 8.04. The molecule has 6 nitrogen and oxygen atoms in total. The molecular weight excluding hydrogens is 304 g/mol. The molecule has 0 aliphatic carbocycles. The molecular formula is C18H20N4O2. The number of anilines is 2. The minimum absolute atomic E-state index is 0.0692. The summed E-state index contributed by atoms with van der Waals surface area (Å²) in [6.07, 6.45) is 4.86. The lowest BCUT2D eigenvalue weighted by molar-refractivity contribution is -0.121. The van der Waals surface area contributed by atoms with E-state index in [4.69, 9.17) is 0 Å². The molecule has 0 radical (unpaired) electrons. The van der Waals surface area contributed by atoms with Crippen LogP contribution in [0.1, 0.15) is 12.8 Å². The number of nitrogens with zero attached hydrogens (tertiary/aromatic N) is 2. The molecule has 2 aromatic rings. The van der Waals surface area contributed by atoms with E-state index in [1.165, 1.54) is 0 Å². The Labute approximate surface area is 140 Å². The van der Waals surface area contributed by atoms with Gasteiger partial charge in [0.25, 0.3) is 0 Å². The van der Waals surface area contributed by atoms with Crippen molar-refractivity contribution in [1.82, 2.24) is 9.88 Å². The summed E-state index contributed by atoms with van der Waals surface area (Å²) in [5.74, 6) is -0.277. The fourth-order valence-corrected chi connectivity index (χ4v) is 2.78. The van der Waals surface area contributed by atoms with Crippen LogP contribution in [0.2, 0.25) is 0 Å². The number of nitrogens with one attached hydrogen (secondary N) is 2. The number of hydrogen-bond acceptors (Lipinski definition) is 3. The Bertz CT molecular complexity index is 631. The number of carbonyl (C=O) groups is 2. The molecule has 0 unspecified atom stereocenters. The normalized spacial score (nSPS) is 17.2. The van der Waals surface area contributed by atoms with Gasteiger partial charge in [-0.1, -0.05) is 18.2 Å². The Kier molecular flexibility index (Phi) is 5.05. The molecule has 2 N–H and O–H groups in total. The second kappa shape index (κ2) is 7.59. The Balaban J connectivity index is 1.57. The van der Waals surface area contributed by atoms with Gasteiger partial charge in [0.15, 0.2) is 0 Å². The van der Waals surface area contributed by atoms with Gasteiger partial charge < -0.3 is 15.5 Å². The van der Waals surface area contributed by atoms with Crippen molar-refractivity contribution in [3.05, 3.63) is 54.9 Å². The molecule has 3 rings (SSSR count). The Hall–Kier alpha value is -2.89. The van der Waals surface area contributed by atoms with Gasteiger partial charge in [-0.05, 0) is 37.1 Å². The summed E-state index contributed by atoms with van der Waals surface area (Å²) in [7, 11) is 0. The van der Waals surface area contributed by atoms with Crippen LogP contribution in [0.25, 0.3) is 0 Å². The average molecular weight is 324 g/mol. The van der Waals surface area contributed by atoms with Crippen molar-refractivity contribution in [2.75, 3.05) is 23.7 Å². The summed E-state index contributed by atoms with van der Waals surface area (Å²) >= 11 is 0. The minimum atomic E-state index is -0.208. The lowest BCUT2D eigenvalue weighted by Crippen LogP contribution is -2.45. The van der Waals surface area contributed by atoms with E-state index in [2.05, 4.69) is 15.6 Å². The number of benzene rings is 1. The molecule has 1 saturated heterocycles. The van der Waals surface area contributed by atoms with Crippen LogP contribution in [0.15, 0.2) is 54.9 Å². The van der Waals surface area contributed by atoms with E-state index in [9.17, 15) is 9.59 Å². The summed E-state index contributed by atoms with van der Waals surface area (Å²) in [6.45, 7) is 1.08. The number of likely N-dealkylation sites (tertiary alicyclic amines) is 1. The molecule has 24 heavy (non-hydrogen) atoms. The molecule has 1 fully saturated rings. The van der Waals surface area contributed by atoms with E-state index in [1.54, 1.807) is 29.4 Å². The number of hydrogen-bond donors (Lipinski definition) is 2. The topological polar surface area (TPSA) is 74.3 Å². The van der Waals surface area contributed by atoms with E-state index >= 15 is 0 Å². The predicted octanol–water partition coefficient (Wildman–Crippen LogP) is 2.96. The van der Waals surface area contributed by atoms with Crippen molar-refractivity contribution >= 4 is 23.3 Å². The number of carbonyl (C=O) groups excluding carboxylic acids is 2. The van der Waals surface area contributed by atoms with Crippen LogP contribution < -0.4 is 10.6 Å². The summed E-state index contributed by atoms with van der Waals surface area (Å²) in [5.41, 5.74) is 1.43. The lowest BCUT2D eigenvalue weighted by Gasteiger charge is -2.32. The van der Waals surface area contributed by atoms with Gasteiger partial charge in [-0.2, -0.15) is 0 Å². The molecule has 1 aliphatic rings. The monoisotopic (exact) mass is 324 g/mol. The Morgan fingerprint density at radius 2 is 1.83 bits per heavy atom. The molecule has 1 aliphatic heterocycles. The van der Waals surface area contributed by atoms with Crippen LogP contribution >= 0.6 is 0 Å². The third kappa shape index (κ3) is 4.10. The second-order valence-electron chi connectivity index (χ2n) is 5.81. The number of piperidine rings is 1. The van der Waals surface area contributed by atoms with E-state index < -0.39 is 0 Å². The zero-order valence-corrected chi connectivity index (χ0v) is 13.3. The van der Waals surface area contributed by atoms with E-state index in [0.717, 1.165) is 18.5 Å². The first-order chi connectivity index (χ1) is 11.7. The van der Waals surface area contributed by atoms with Gasteiger partial charge in [0.2, 0.25) is 5.91 Å². The zero-order valence-electron chi connectivity index (χ0n) is 13.3. The maximum atomic E-state index is 12.4. The van der Waals surface area contributed by atoms with Crippen molar-refractivity contribution < 1.29 is 9.59 Å². The molecule has 3 amide bonds. The third-order valence-electron chi connectivity index (χ3n) is 4.03. The molecule has 2 heterocycles. The summed E-state index contributed by atoms with van der Waals surface area (Å²) in [5, 5.41) is 5.73. The van der Waals surface area contributed by atoms with Crippen LogP contribution in [0.5, 0.6) is 0 Å². The van der Waals surface area contributed by atoms with Crippen LogP contribution in [-0.4, -0.2) is 34.9 Å². The van der Waals surface area contributed by atoms with Crippen LogP contribution in [0.4, 0.5) is 16.2 Å². The van der Waals surface area contributed by atoms with Crippen LogP contribution in [0, 0.1) is 5.92 Å². The maximum Gasteiger partial charge on any atom is 0.321 e. The number of urea groups is 1. The predicted molar refractivity (Wildman–Crippen MR) is 92.6 cm³/mol. The quantitative estimate of drug-likeness (QED) is 0.911. The maximum absolute atomic E-state index is 12.4. The minimum Gasteiger partial charge on any atom is -0.324 e. The fourth-order valence-electron chi connectivity index (χ4n) is 2.78. The van der Waals surface area contributed by atoms with Gasteiger partial charge in [-0.15, -0.1) is 0 Å². The standard InChI is InChI=1S/C18H20N4O2/c23-17(20-16-9-4-10-19-12-16)14-6-5-11-22(13-14)18(24)21-15-7-2-1-3-8-15/h1-4,7-10,12,14H,5-6,11,13H2,(H,20,23)(H,21,24)/t14-/m0/s1. The van der Waals surface area contributed by atoms with Crippen LogP contribution in [-0.2, 0) is 4.79 Å². The van der Waals surface area contributed by atoms with Crippen molar-refractivity contribution in [3.8, 4) is 0 Å². The SMILES string of the molecule is O=C(Nc1cccnc1)[C@H]1CCCN(C(=O)Nc2ccccc2)C1. The molecule has 1 atom stereocenters. The highest BCUT2D eigenvalue weighted by molar-refractivity contribution is 5.94.